The highest BCUT2D eigenvalue weighted by Crippen LogP contribution is 2.21. The van der Waals surface area contributed by atoms with Crippen LogP contribution < -0.4 is 5.32 Å². The van der Waals surface area contributed by atoms with Crippen LogP contribution in [0.5, 0.6) is 0 Å². The summed E-state index contributed by atoms with van der Waals surface area (Å²) >= 11 is 0. The number of alkyl carbamates (subject to hydrolysis) is 1. The van der Waals surface area contributed by atoms with Crippen LogP contribution in [0.15, 0.2) is 73.2 Å². The lowest BCUT2D eigenvalue weighted by molar-refractivity contribution is 0.176. The van der Waals surface area contributed by atoms with Crippen molar-refractivity contribution >= 4 is 17.1 Å². The molecule has 1 N–H and O–H groups in total. The lowest BCUT2D eigenvalue weighted by Crippen LogP contribution is -2.19. The molecule has 1 aliphatic rings. The number of hydrogen-bond acceptors (Lipinski definition) is 5. The number of nitrogens with zero attached hydrogens (tertiary/aromatic N) is 3. The van der Waals surface area contributed by atoms with E-state index in [1.54, 1.807) is 36.7 Å². The van der Waals surface area contributed by atoms with Crippen LogP contribution >= 0.6 is 0 Å². The zero-order chi connectivity index (χ0) is 22.3. The largest absolute Gasteiger partial charge is 0.447 e. The van der Waals surface area contributed by atoms with E-state index in [0.29, 0.717) is 5.56 Å². The number of halogens is 2. The van der Waals surface area contributed by atoms with Crippen LogP contribution in [0.1, 0.15) is 22.7 Å². The third kappa shape index (κ3) is 5.21. The summed E-state index contributed by atoms with van der Waals surface area (Å²) < 4.78 is 30.6. The third-order valence-corrected chi connectivity index (χ3v) is 4.47. The number of hydrogen-bond donors (Lipinski definition) is 1. The number of benzene rings is 2. The second-order valence-corrected chi connectivity index (χ2v) is 6.70. The van der Waals surface area contributed by atoms with Gasteiger partial charge in [0.05, 0.1) is 17.1 Å². The third-order valence-electron chi connectivity index (χ3n) is 4.47. The summed E-state index contributed by atoms with van der Waals surface area (Å²) in [6, 6.07) is 14.5. The standard InChI is InChI=1S/C18H11FN4O2.C6H5F/c19-17-13(16-10-25-18(24)23-16)7-12(9-22-17)2-1-11-3-4-14-15(8-11)21-6-5-20-14;7-6-4-2-1-3-5-6/h3-9,16H,10H2,(H,23,24);1-5H/t16-;/m0./s1. The van der Waals surface area contributed by atoms with Crippen molar-refractivity contribution in [2.45, 2.75) is 6.04 Å². The zero-order valence-corrected chi connectivity index (χ0v) is 16.6. The fourth-order valence-corrected chi connectivity index (χ4v) is 2.93. The van der Waals surface area contributed by atoms with E-state index >= 15 is 0 Å². The Labute approximate surface area is 182 Å². The van der Waals surface area contributed by atoms with Crippen molar-refractivity contribution in [3.63, 3.8) is 0 Å². The molecule has 1 aliphatic heterocycles. The summed E-state index contributed by atoms with van der Waals surface area (Å²) in [4.78, 5) is 23.3. The summed E-state index contributed by atoms with van der Waals surface area (Å²) in [6.45, 7) is 0.0671. The highest BCUT2D eigenvalue weighted by molar-refractivity contribution is 5.75. The molecule has 5 rings (SSSR count). The number of aromatic nitrogens is 3. The first-order chi connectivity index (χ1) is 15.6. The van der Waals surface area contributed by atoms with E-state index in [-0.39, 0.29) is 18.0 Å². The van der Waals surface area contributed by atoms with Gasteiger partial charge in [0.25, 0.3) is 0 Å². The molecule has 2 aromatic carbocycles. The number of fused-ring (bicyclic) bond motifs is 1. The van der Waals surface area contributed by atoms with Gasteiger partial charge >= 0.3 is 6.09 Å². The van der Waals surface area contributed by atoms with Crippen molar-refractivity contribution in [2.75, 3.05) is 6.61 Å². The smallest absolute Gasteiger partial charge is 0.407 e. The molecule has 0 radical (unpaired) electrons. The first-order valence-corrected chi connectivity index (χ1v) is 9.60. The van der Waals surface area contributed by atoms with Crippen LogP contribution in [-0.4, -0.2) is 27.7 Å². The second-order valence-electron chi connectivity index (χ2n) is 6.70. The summed E-state index contributed by atoms with van der Waals surface area (Å²) in [5, 5.41) is 2.53. The van der Waals surface area contributed by atoms with E-state index in [4.69, 9.17) is 4.74 Å². The summed E-state index contributed by atoms with van der Waals surface area (Å²) in [6.07, 6.45) is 4.03. The van der Waals surface area contributed by atoms with Gasteiger partial charge in [-0.25, -0.2) is 14.2 Å². The molecule has 3 heterocycles. The van der Waals surface area contributed by atoms with Gasteiger partial charge in [-0.3, -0.25) is 9.97 Å². The van der Waals surface area contributed by atoms with Crippen molar-refractivity contribution in [1.82, 2.24) is 20.3 Å². The van der Waals surface area contributed by atoms with E-state index in [9.17, 15) is 13.6 Å². The van der Waals surface area contributed by atoms with Gasteiger partial charge in [0, 0.05) is 35.3 Å². The highest BCUT2D eigenvalue weighted by Gasteiger charge is 2.26. The minimum atomic E-state index is -0.651. The first-order valence-electron chi connectivity index (χ1n) is 9.60. The van der Waals surface area contributed by atoms with Gasteiger partial charge in [-0.15, -0.1) is 0 Å². The molecule has 0 unspecified atom stereocenters. The second kappa shape index (κ2) is 9.62. The van der Waals surface area contributed by atoms with Gasteiger partial charge in [0.2, 0.25) is 5.95 Å². The summed E-state index contributed by atoms with van der Waals surface area (Å²) in [5.74, 6) is 5.12. The van der Waals surface area contributed by atoms with Crippen molar-refractivity contribution in [2.24, 2.45) is 0 Å². The van der Waals surface area contributed by atoms with Gasteiger partial charge in [-0.1, -0.05) is 30.0 Å². The molecular weight excluding hydrogens is 414 g/mol. The Morgan fingerprint density at radius 1 is 0.906 bits per heavy atom. The van der Waals surface area contributed by atoms with Crippen molar-refractivity contribution in [1.29, 1.82) is 0 Å². The van der Waals surface area contributed by atoms with E-state index < -0.39 is 18.1 Å². The predicted octanol–water partition coefficient (Wildman–Crippen LogP) is 4.17. The number of rotatable bonds is 1. The van der Waals surface area contributed by atoms with E-state index in [1.807, 2.05) is 18.2 Å². The molecular formula is C24H16F2N4O2. The molecule has 0 bridgehead atoms. The molecule has 0 spiro atoms. The van der Waals surface area contributed by atoms with Gasteiger partial charge in [-0.05, 0) is 36.4 Å². The van der Waals surface area contributed by atoms with E-state index in [2.05, 4.69) is 32.1 Å². The van der Waals surface area contributed by atoms with Gasteiger partial charge < -0.3 is 10.1 Å². The van der Waals surface area contributed by atoms with Crippen LogP contribution in [0.3, 0.4) is 0 Å². The Morgan fingerprint density at radius 2 is 1.66 bits per heavy atom. The number of ether oxygens (including phenoxy) is 1. The first kappa shape index (κ1) is 20.9. The maximum atomic E-state index is 13.9. The van der Waals surface area contributed by atoms with Crippen molar-refractivity contribution < 1.29 is 18.3 Å². The van der Waals surface area contributed by atoms with E-state index in [1.165, 1.54) is 18.3 Å². The monoisotopic (exact) mass is 430 g/mol. The Hall–Kier alpha value is -4.38. The predicted molar refractivity (Wildman–Crippen MR) is 113 cm³/mol. The van der Waals surface area contributed by atoms with Crippen LogP contribution in [0, 0.1) is 23.6 Å². The van der Waals surface area contributed by atoms with Crippen LogP contribution in [0.2, 0.25) is 0 Å². The molecule has 1 fully saturated rings. The van der Waals surface area contributed by atoms with Crippen LogP contribution in [0.25, 0.3) is 11.0 Å². The number of nitrogens with one attached hydrogen (secondary N) is 1. The summed E-state index contributed by atoms with van der Waals surface area (Å²) in [5.41, 5.74) is 3.09. The van der Waals surface area contributed by atoms with Crippen LogP contribution in [0.4, 0.5) is 13.6 Å². The molecule has 8 heteroatoms. The fourth-order valence-electron chi connectivity index (χ4n) is 2.93. The number of pyridine rings is 1. The molecule has 1 amide bonds. The fraction of sp³-hybridized carbons (Fsp3) is 0.0833. The number of carbonyl (C=O) groups excluding carboxylic acids is 1. The van der Waals surface area contributed by atoms with Gasteiger partial charge in [0.1, 0.15) is 12.4 Å². The normalized spacial score (nSPS) is 14.4. The quantitative estimate of drug-likeness (QED) is 0.362. The maximum Gasteiger partial charge on any atom is 0.407 e. The molecule has 6 nitrogen and oxygen atoms in total. The Bertz CT molecular complexity index is 1320. The zero-order valence-electron chi connectivity index (χ0n) is 16.6. The van der Waals surface area contributed by atoms with E-state index in [0.717, 1.165) is 16.6 Å². The Kier molecular flexibility index (Phi) is 6.28. The van der Waals surface area contributed by atoms with Gasteiger partial charge in [-0.2, -0.15) is 4.39 Å². The Balaban J connectivity index is 0.000000300. The molecule has 2 aromatic heterocycles. The molecule has 1 atom stereocenters. The van der Waals surface area contributed by atoms with Crippen molar-refractivity contribution in [3.8, 4) is 11.8 Å². The molecule has 1 saturated heterocycles. The average Bonchev–Trinajstić information content (AvgIpc) is 3.25. The van der Waals surface area contributed by atoms with Crippen LogP contribution in [-0.2, 0) is 4.74 Å². The minimum Gasteiger partial charge on any atom is -0.447 e. The molecule has 0 aliphatic carbocycles. The average molecular weight is 430 g/mol. The lowest BCUT2D eigenvalue weighted by atomic mass is 10.1. The molecule has 4 aromatic rings. The topological polar surface area (TPSA) is 77.0 Å². The van der Waals surface area contributed by atoms with Gasteiger partial charge in [0.15, 0.2) is 0 Å². The molecule has 32 heavy (non-hydrogen) atoms. The SMILES string of the molecule is Fc1ccccc1.O=C1N[C@H](c2cc(C#Cc3ccc4nccnc4c3)cnc2F)CO1. The minimum absolute atomic E-state index is 0.0671. The lowest BCUT2D eigenvalue weighted by Gasteiger charge is -2.08. The number of cyclic esters (lactones) is 1. The van der Waals surface area contributed by atoms with Crippen molar-refractivity contribution in [3.05, 3.63) is 102 Å². The highest BCUT2D eigenvalue weighted by atomic mass is 19.1. The molecule has 158 valence electrons. The summed E-state index contributed by atoms with van der Waals surface area (Å²) in [7, 11) is 0. The molecule has 0 saturated carbocycles. The number of amides is 1. The number of carbonyl (C=O) groups is 1. The maximum absolute atomic E-state index is 13.9. The Morgan fingerprint density at radius 3 is 2.34 bits per heavy atom.